The molecule has 0 bridgehead atoms. The Morgan fingerprint density at radius 2 is 1.17 bits per heavy atom. The summed E-state index contributed by atoms with van der Waals surface area (Å²) in [6.07, 6.45) is 0. The van der Waals surface area contributed by atoms with Crippen LogP contribution in [0.15, 0.2) is 60.6 Å². The monoisotopic (exact) mass is 156 g/mol. The van der Waals surface area contributed by atoms with Gasteiger partial charge in [0.15, 0.2) is 0 Å². The van der Waals surface area contributed by atoms with Gasteiger partial charge < -0.3 is 0 Å². The van der Waals surface area contributed by atoms with Crippen molar-refractivity contribution in [3.05, 3.63) is 60.6 Å². The maximum Gasteiger partial charge on any atom is 0.0623 e. The van der Waals surface area contributed by atoms with Crippen molar-refractivity contribution in [1.82, 2.24) is 0 Å². The first-order chi connectivity index (χ1) is 6.75. The van der Waals surface area contributed by atoms with Gasteiger partial charge in [-0.3, -0.25) is 0 Å². The van der Waals surface area contributed by atoms with E-state index in [-0.39, 0.29) is 0 Å². The first kappa shape index (κ1) is 5.15. The van der Waals surface area contributed by atoms with E-state index in [0.717, 1.165) is 11.1 Å². The Balaban J connectivity index is 2.49. The van der Waals surface area contributed by atoms with Crippen molar-refractivity contribution in [3.63, 3.8) is 0 Å². The molecule has 2 aromatic carbocycles. The summed E-state index contributed by atoms with van der Waals surface area (Å²) < 4.78 is 15.0. The lowest BCUT2D eigenvalue weighted by Crippen LogP contribution is -1.73. The highest BCUT2D eigenvalue weighted by Gasteiger charge is 1.91. The number of hydrogen-bond acceptors (Lipinski definition) is 0. The van der Waals surface area contributed by atoms with Crippen LogP contribution in [-0.4, -0.2) is 0 Å². The minimum atomic E-state index is 0.498. The molecule has 0 nitrogen and oxygen atoms in total. The van der Waals surface area contributed by atoms with E-state index >= 15 is 0 Å². The largest absolute Gasteiger partial charge is 0.0623 e. The second-order valence-electron chi connectivity index (χ2n) is 2.58. The summed E-state index contributed by atoms with van der Waals surface area (Å²) in [6, 6.07) is 15.7. The standard InChI is InChI=1S/C12H10/c1-3-7-11(8-4-1)12-9-5-2-6-10-12/h1-10H/i3D,5D. The zero-order chi connectivity index (χ0) is 9.97. The molecule has 2 rings (SSSR count). The van der Waals surface area contributed by atoms with E-state index in [1.54, 1.807) is 24.3 Å². The Kier molecular flexibility index (Phi) is 1.38. The zero-order valence-electron chi connectivity index (χ0n) is 8.62. The van der Waals surface area contributed by atoms with Crippen molar-refractivity contribution in [2.75, 3.05) is 0 Å². The van der Waals surface area contributed by atoms with Crippen LogP contribution in [0.25, 0.3) is 11.1 Å². The van der Waals surface area contributed by atoms with Crippen LogP contribution in [0.2, 0.25) is 0 Å². The summed E-state index contributed by atoms with van der Waals surface area (Å²) in [4.78, 5) is 0. The Bertz CT molecular complexity index is 406. The Hall–Kier alpha value is -1.56. The summed E-state index contributed by atoms with van der Waals surface area (Å²) >= 11 is 0. The van der Waals surface area contributed by atoms with E-state index in [0.29, 0.717) is 12.1 Å². The Labute approximate surface area is 75.3 Å². The highest BCUT2D eigenvalue weighted by molar-refractivity contribution is 5.62. The molecule has 0 fully saturated rings. The summed E-state index contributed by atoms with van der Waals surface area (Å²) in [5.74, 6) is 0. The first-order valence-electron chi connectivity index (χ1n) is 4.89. The normalized spacial score (nSPS) is 12.0. The van der Waals surface area contributed by atoms with Gasteiger partial charge in [0, 0.05) is 0 Å². The molecule has 0 aliphatic heterocycles. The molecule has 2 aromatic rings. The third kappa shape index (κ3) is 1.37. The molecule has 0 unspecified atom stereocenters. The van der Waals surface area contributed by atoms with Gasteiger partial charge in [0.25, 0.3) is 0 Å². The van der Waals surface area contributed by atoms with Gasteiger partial charge in [0.2, 0.25) is 0 Å². The quantitative estimate of drug-likeness (QED) is 0.594. The third-order valence-electron chi connectivity index (χ3n) is 1.75. The summed E-state index contributed by atoms with van der Waals surface area (Å²) in [5.41, 5.74) is 1.98. The molecule has 0 saturated carbocycles. The van der Waals surface area contributed by atoms with Gasteiger partial charge in [-0.25, -0.2) is 0 Å². The molecule has 0 spiro atoms. The minimum absolute atomic E-state index is 0.498. The second-order valence-corrected chi connectivity index (χ2v) is 2.58. The molecule has 0 aliphatic carbocycles. The van der Waals surface area contributed by atoms with Crippen LogP contribution in [0.3, 0.4) is 0 Å². The molecular formula is C12H10. The molecular weight excluding hydrogens is 144 g/mol. The molecule has 0 aromatic heterocycles. The Morgan fingerprint density at radius 1 is 0.667 bits per heavy atom. The molecule has 58 valence electrons. The van der Waals surface area contributed by atoms with Gasteiger partial charge in [-0.15, -0.1) is 0 Å². The maximum absolute atomic E-state index is 7.49. The van der Waals surface area contributed by atoms with Gasteiger partial charge in [0.05, 0.1) is 2.74 Å². The van der Waals surface area contributed by atoms with E-state index < -0.39 is 0 Å². The lowest BCUT2D eigenvalue weighted by molar-refractivity contribution is 1.62. The molecule has 0 atom stereocenters. The van der Waals surface area contributed by atoms with E-state index in [4.69, 9.17) is 2.74 Å². The SMILES string of the molecule is [2H]c1cccc(-c2cccc([2H])c2)c1. The summed E-state index contributed by atoms with van der Waals surface area (Å²) in [5, 5.41) is 0. The average Bonchev–Trinajstić information content (AvgIpc) is 2.18. The van der Waals surface area contributed by atoms with E-state index in [1.165, 1.54) is 0 Å². The summed E-state index contributed by atoms with van der Waals surface area (Å²) in [6.45, 7) is 0. The van der Waals surface area contributed by atoms with Gasteiger partial charge in [0.1, 0.15) is 0 Å². The predicted octanol–water partition coefficient (Wildman–Crippen LogP) is 3.35. The molecule has 0 aliphatic rings. The highest BCUT2D eigenvalue weighted by Crippen LogP contribution is 2.17. The molecule has 0 heteroatoms. The van der Waals surface area contributed by atoms with Crippen molar-refractivity contribution in [1.29, 1.82) is 0 Å². The predicted molar refractivity (Wildman–Crippen MR) is 51.9 cm³/mol. The van der Waals surface area contributed by atoms with Gasteiger partial charge in [-0.2, -0.15) is 0 Å². The average molecular weight is 156 g/mol. The number of benzene rings is 2. The van der Waals surface area contributed by atoms with Crippen LogP contribution in [-0.2, 0) is 0 Å². The molecule has 0 saturated heterocycles. The van der Waals surface area contributed by atoms with E-state index in [1.807, 2.05) is 24.3 Å². The van der Waals surface area contributed by atoms with Crippen molar-refractivity contribution in [2.45, 2.75) is 0 Å². The lowest BCUT2D eigenvalue weighted by atomic mass is 10.1. The third-order valence-corrected chi connectivity index (χ3v) is 1.75. The fraction of sp³-hybridized carbons (Fsp3) is 0. The van der Waals surface area contributed by atoms with Crippen LogP contribution in [0.5, 0.6) is 0 Å². The van der Waals surface area contributed by atoms with Crippen LogP contribution in [0.1, 0.15) is 2.74 Å². The van der Waals surface area contributed by atoms with Crippen molar-refractivity contribution < 1.29 is 2.74 Å². The van der Waals surface area contributed by atoms with Gasteiger partial charge >= 0.3 is 0 Å². The summed E-state index contributed by atoms with van der Waals surface area (Å²) in [7, 11) is 0. The lowest BCUT2D eigenvalue weighted by Gasteiger charge is -1.98. The number of hydrogen-bond donors (Lipinski definition) is 0. The molecule has 0 N–H and O–H groups in total. The van der Waals surface area contributed by atoms with Crippen molar-refractivity contribution in [3.8, 4) is 11.1 Å². The first-order valence-corrected chi connectivity index (χ1v) is 3.89. The topological polar surface area (TPSA) is 0 Å². The number of rotatable bonds is 1. The zero-order valence-corrected chi connectivity index (χ0v) is 6.62. The van der Waals surface area contributed by atoms with Gasteiger partial charge in [-0.1, -0.05) is 60.6 Å². The van der Waals surface area contributed by atoms with Crippen molar-refractivity contribution in [2.24, 2.45) is 0 Å². The van der Waals surface area contributed by atoms with Crippen LogP contribution in [0.4, 0.5) is 0 Å². The fourth-order valence-corrected chi connectivity index (χ4v) is 1.15. The second kappa shape index (κ2) is 3.22. The van der Waals surface area contributed by atoms with E-state index in [9.17, 15) is 0 Å². The van der Waals surface area contributed by atoms with Crippen molar-refractivity contribution >= 4 is 0 Å². The molecule has 12 heavy (non-hydrogen) atoms. The maximum atomic E-state index is 7.49. The van der Waals surface area contributed by atoms with Crippen LogP contribution >= 0.6 is 0 Å². The minimum Gasteiger partial charge on any atom is -0.0622 e. The highest BCUT2D eigenvalue weighted by atomic mass is 14.0. The fourth-order valence-electron chi connectivity index (χ4n) is 1.15. The Morgan fingerprint density at radius 3 is 1.58 bits per heavy atom. The van der Waals surface area contributed by atoms with Crippen LogP contribution < -0.4 is 0 Å². The molecule has 0 amide bonds. The molecule has 0 heterocycles. The van der Waals surface area contributed by atoms with E-state index in [2.05, 4.69) is 0 Å². The molecule has 0 radical (unpaired) electrons. The smallest absolute Gasteiger partial charge is 0.0622 e. The van der Waals surface area contributed by atoms with Crippen LogP contribution in [0, 0.1) is 0 Å². The van der Waals surface area contributed by atoms with Gasteiger partial charge in [-0.05, 0) is 11.1 Å².